The molecule has 1 atom stereocenters. The van der Waals surface area contributed by atoms with Crippen LogP contribution >= 0.6 is 0 Å². The van der Waals surface area contributed by atoms with Crippen molar-refractivity contribution in [2.75, 3.05) is 6.54 Å². The van der Waals surface area contributed by atoms with Gasteiger partial charge in [0.25, 0.3) is 0 Å². The number of hydrogen-bond acceptors (Lipinski definition) is 2. The van der Waals surface area contributed by atoms with E-state index < -0.39 is 0 Å². The number of carbonyl (C=O) groups is 1. The maximum Gasteiger partial charge on any atom is 0.221 e. The smallest absolute Gasteiger partial charge is 0.221 e. The summed E-state index contributed by atoms with van der Waals surface area (Å²) in [5, 5.41) is 3.51. The molecule has 0 aromatic carbocycles. The van der Waals surface area contributed by atoms with Crippen molar-refractivity contribution in [2.45, 2.75) is 59.9 Å². The van der Waals surface area contributed by atoms with Crippen LogP contribution in [0.4, 0.5) is 0 Å². The number of primary amides is 1. The van der Waals surface area contributed by atoms with Gasteiger partial charge in [-0.2, -0.15) is 0 Å². The predicted octanol–water partition coefficient (Wildman–Crippen LogP) is 2.30. The third kappa shape index (κ3) is 4.66. The molecule has 1 aliphatic carbocycles. The Kier molecular flexibility index (Phi) is 4.23. The van der Waals surface area contributed by atoms with Gasteiger partial charge in [-0.25, -0.2) is 0 Å². The van der Waals surface area contributed by atoms with Gasteiger partial charge in [-0.05, 0) is 30.1 Å². The second kappa shape index (κ2) is 4.97. The fraction of sp³-hybridized carbons (Fsp3) is 0.929. The van der Waals surface area contributed by atoms with Crippen LogP contribution in [0.2, 0.25) is 0 Å². The molecule has 1 amide bonds. The molecule has 0 spiro atoms. The van der Waals surface area contributed by atoms with Gasteiger partial charge in [0, 0.05) is 18.5 Å². The zero-order chi connectivity index (χ0) is 13.3. The zero-order valence-corrected chi connectivity index (χ0v) is 12.0. The monoisotopic (exact) mass is 240 g/mol. The minimum Gasteiger partial charge on any atom is -0.369 e. The second-order valence-corrected chi connectivity index (χ2v) is 7.32. The first-order valence-corrected chi connectivity index (χ1v) is 6.64. The molecule has 3 N–H and O–H groups in total. The SMILES string of the molecule is CC(CNC1CC(C)(C)CC(C)(C)C1)C(N)=O. The number of nitrogens with one attached hydrogen (secondary N) is 1. The average Bonchev–Trinajstić information content (AvgIpc) is 2.08. The third-order valence-electron chi connectivity index (χ3n) is 3.75. The summed E-state index contributed by atoms with van der Waals surface area (Å²) < 4.78 is 0. The number of nitrogens with two attached hydrogens (primary N) is 1. The van der Waals surface area contributed by atoms with Gasteiger partial charge >= 0.3 is 0 Å². The quantitative estimate of drug-likeness (QED) is 0.792. The van der Waals surface area contributed by atoms with E-state index in [0.717, 1.165) is 0 Å². The molecule has 3 heteroatoms. The Bertz CT molecular complexity index is 268. The van der Waals surface area contributed by atoms with E-state index in [-0.39, 0.29) is 11.8 Å². The van der Waals surface area contributed by atoms with Crippen molar-refractivity contribution >= 4 is 5.91 Å². The Balaban J connectivity index is 2.51. The summed E-state index contributed by atoms with van der Waals surface area (Å²) in [5.41, 5.74) is 6.05. The van der Waals surface area contributed by atoms with Crippen molar-refractivity contribution in [1.82, 2.24) is 5.32 Å². The molecule has 17 heavy (non-hydrogen) atoms. The molecule has 0 radical (unpaired) electrons. The van der Waals surface area contributed by atoms with Crippen LogP contribution in [0.15, 0.2) is 0 Å². The zero-order valence-electron chi connectivity index (χ0n) is 12.0. The van der Waals surface area contributed by atoms with Crippen LogP contribution < -0.4 is 11.1 Å². The Morgan fingerprint density at radius 1 is 1.29 bits per heavy atom. The van der Waals surface area contributed by atoms with Crippen molar-refractivity contribution in [3.8, 4) is 0 Å². The van der Waals surface area contributed by atoms with Gasteiger partial charge in [0.2, 0.25) is 5.91 Å². The van der Waals surface area contributed by atoms with E-state index in [2.05, 4.69) is 33.0 Å². The molecule has 3 nitrogen and oxygen atoms in total. The van der Waals surface area contributed by atoms with Crippen LogP contribution in [0, 0.1) is 16.7 Å². The highest BCUT2D eigenvalue weighted by Crippen LogP contribution is 2.45. The maximum absolute atomic E-state index is 11.0. The van der Waals surface area contributed by atoms with Gasteiger partial charge in [0.05, 0.1) is 0 Å². The first kappa shape index (κ1) is 14.5. The Morgan fingerprint density at radius 3 is 2.18 bits per heavy atom. The van der Waals surface area contributed by atoms with Gasteiger partial charge < -0.3 is 11.1 Å². The number of rotatable bonds is 4. The fourth-order valence-electron chi connectivity index (χ4n) is 3.43. The highest BCUT2D eigenvalue weighted by molar-refractivity contribution is 5.76. The lowest BCUT2D eigenvalue weighted by Gasteiger charge is -2.45. The molecular formula is C14H28N2O. The Labute approximate surface area is 106 Å². The molecule has 1 rings (SSSR count). The number of hydrogen-bond donors (Lipinski definition) is 2. The van der Waals surface area contributed by atoms with E-state index in [1.807, 2.05) is 6.92 Å². The molecule has 0 heterocycles. The summed E-state index contributed by atoms with van der Waals surface area (Å²) in [4.78, 5) is 11.0. The van der Waals surface area contributed by atoms with Crippen LogP contribution in [0.3, 0.4) is 0 Å². The van der Waals surface area contributed by atoms with Crippen LogP contribution in [-0.4, -0.2) is 18.5 Å². The molecule has 1 fully saturated rings. The lowest BCUT2D eigenvalue weighted by Crippen LogP contribution is -2.46. The van der Waals surface area contributed by atoms with E-state index in [0.29, 0.717) is 23.4 Å². The summed E-state index contributed by atoms with van der Waals surface area (Å²) in [7, 11) is 0. The fourth-order valence-corrected chi connectivity index (χ4v) is 3.43. The van der Waals surface area contributed by atoms with Gasteiger partial charge in [-0.3, -0.25) is 4.79 Å². The Hall–Kier alpha value is -0.570. The lowest BCUT2D eigenvalue weighted by molar-refractivity contribution is -0.121. The van der Waals surface area contributed by atoms with E-state index in [9.17, 15) is 4.79 Å². The standard InChI is InChI=1S/C14H28N2O/c1-10(12(15)17)8-16-11-6-13(2,3)9-14(4,5)7-11/h10-11,16H,6-9H2,1-5H3,(H2,15,17). The van der Waals surface area contributed by atoms with Crippen LogP contribution in [0.5, 0.6) is 0 Å². The molecule has 1 unspecified atom stereocenters. The first-order chi connectivity index (χ1) is 7.61. The van der Waals surface area contributed by atoms with Gasteiger partial charge in [-0.1, -0.05) is 34.6 Å². The van der Waals surface area contributed by atoms with Gasteiger partial charge in [-0.15, -0.1) is 0 Å². The van der Waals surface area contributed by atoms with Crippen molar-refractivity contribution < 1.29 is 4.79 Å². The van der Waals surface area contributed by atoms with Crippen molar-refractivity contribution in [2.24, 2.45) is 22.5 Å². The number of amides is 1. The molecule has 0 aliphatic heterocycles. The normalized spacial score (nSPS) is 25.5. The summed E-state index contributed by atoms with van der Waals surface area (Å²) in [6.45, 7) is 11.9. The lowest BCUT2D eigenvalue weighted by atomic mass is 9.63. The summed E-state index contributed by atoms with van der Waals surface area (Å²) in [6, 6.07) is 0.510. The van der Waals surface area contributed by atoms with Crippen LogP contribution in [0.25, 0.3) is 0 Å². The van der Waals surface area contributed by atoms with E-state index in [1.54, 1.807) is 0 Å². The summed E-state index contributed by atoms with van der Waals surface area (Å²) in [6.07, 6.45) is 3.63. The maximum atomic E-state index is 11.0. The van der Waals surface area contributed by atoms with Crippen molar-refractivity contribution in [1.29, 1.82) is 0 Å². The molecule has 100 valence electrons. The van der Waals surface area contributed by atoms with Crippen LogP contribution in [-0.2, 0) is 4.79 Å². The molecule has 0 saturated heterocycles. The van der Waals surface area contributed by atoms with Gasteiger partial charge in [0.15, 0.2) is 0 Å². The minimum atomic E-state index is -0.216. The van der Waals surface area contributed by atoms with Crippen molar-refractivity contribution in [3.05, 3.63) is 0 Å². The largest absolute Gasteiger partial charge is 0.369 e. The molecule has 0 aromatic heterocycles. The molecular weight excluding hydrogens is 212 g/mol. The highest BCUT2D eigenvalue weighted by Gasteiger charge is 2.38. The van der Waals surface area contributed by atoms with E-state index in [1.165, 1.54) is 19.3 Å². The highest BCUT2D eigenvalue weighted by atomic mass is 16.1. The van der Waals surface area contributed by atoms with E-state index in [4.69, 9.17) is 5.73 Å². The summed E-state index contributed by atoms with van der Waals surface area (Å²) >= 11 is 0. The third-order valence-corrected chi connectivity index (χ3v) is 3.75. The average molecular weight is 240 g/mol. The first-order valence-electron chi connectivity index (χ1n) is 6.64. The van der Waals surface area contributed by atoms with Gasteiger partial charge in [0.1, 0.15) is 0 Å². The van der Waals surface area contributed by atoms with Crippen molar-refractivity contribution in [3.63, 3.8) is 0 Å². The summed E-state index contributed by atoms with van der Waals surface area (Å²) in [5.74, 6) is -0.296. The molecule has 0 bridgehead atoms. The second-order valence-electron chi connectivity index (χ2n) is 7.32. The predicted molar refractivity (Wildman–Crippen MR) is 71.6 cm³/mol. The van der Waals surface area contributed by atoms with Crippen LogP contribution in [0.1, 0.15) is 53.9 Å². The van der Waals surface area contributed by atoms with E-state index >= 15 is 0 Å². The Morgan fingerprint density at radius 2 is 1.76 bits per heavy atom. The topological polar surface area (TPSA) is 55.1 Å². The molecule has 1 saturated carbocycles. The molecule has 0 aromatic rings. The minimum absolute atomic E-state index is 0.0804. The number of carbonyl (C=O) groups excluding carboxylic acids is 1. The molecule has 1 aliphatic rings.